The quantitative estimate of drug-likeness (QED) is 0.767. The highest BCUT2D eigenvalue weighted by molar-refractivity contribution is 5.62. The molecule has 0 saturated carbocycles. The smallest absolute Gasteiger partial charge is 0.131 e. The molecule has 0 atom stereocenters. The summed E-state index contributed by atoms with van der Waals surface area (Å²) in [5.74, 6) is 0.901. The Balaban J connectivity index is 2.11. The zero-order valence-corrected chi connectivity index (χ0v) is 12.8. The van der Waals surface area contributed by atoms with Crippen molar-refractivity contribution in [2.75, 3.05) is 32.5 Å². The van der Waals surface area contributed by atoms with Crippen molar-refractivity contribution in [3.05, 3.63) is 48.0 Å². The van der Waals surface area contributed by atoms with Gasteiger partial charge in [0, 0.05) is 24.2 Å². The van der Waals surface area contributed by atoms with E-state index in [0.29, 0.717) is 6.54 Å². The van der Waals surface area contributed by atoms with Gasteiger partial charge in [0.1, 0.15) is 5.82 Å². The molecule has 2 aromatic rings. The molecule has 0 radical (unpaired) electrons. The van der Waals surface area contributed by atoms with Crippen LogP contribution in [0.25, 0.3) is 11.3 Å². The third kappa shape index (κ3) is 4.55. The Morgan fingerprint density at radius 2 is 1.86 bits per heavy atom. The summed E-state index contributed by atoms with van der Waals surface area (Å²) in [7, 11) is 4.17. The van der Waals surface area contributed by atoms with Crippen molar-refractivity contribution >= 4 is 5.82 Å². The van der Waals surface area contributed by atoms with E-state index in [1.165, 1.54) is 0 Å². The minimum Gasteiger partial charge on any atom is -0.370 e. The van der Waals surface area contributed by atoms with Crippen LogP contribution in [0.1, 0.15) is 12.0 Å². The van der Waals surface area contributed by atoms with E-state index in [2.05, 4.69) is 42.5 Å². The van der Waals surface area contributed by atoms with E-state index in [9.17, 15) is 0 Å². The largest absolute Gasteiger partial charge is 0.370 e. The van der Waals surface area contributed by atoms with Crippen molar-refractivity contribution in [2.24, 2.45) is 5.73 Å². The lowest BCUT2D eigenvalue weighted by Gasteiger charge is -2.13. The summed E-state index contributed by atoms with van der Waals surface area (Å²) in [4.78, 5) is 6.91. The Hall–Kier alpha value is -1.91. The average Bonchev–Trinajstić information content (AvgIpc) is 2.52. The molecule has 0 saturated heterocycles. The van der Waals surface area contributed by atoms with Crippen LogP contribution in [0.5, 0.6) is 0 Å². The summed E-state index contributed by atoms with van der Waals surface area (Å²) >= 11 is 0. The molecule has 0 aliphatic carbocycles. The minimum atomic E-state index is 0.498. The molecule has 0 aliphatic rings. The number of pyridine rings is 1. The van der Waals surface area contributed by atoms with Gasteiger partial charge in [-0.2, -0.15) is 0 Å². The highest BCUT2D eigenvalue weighted by Gasteiger charge is 2.06. The monoisotopic (exact) mass is 284 g/mol. The van der Waals surface area contributed by atoms with Crippen LogP contribution in [0.15, 0.2) is 42.5 Å². The summed E-state index contributed by atoms with van der Waals surface area (Å²) < 4.78 is 0. The number of anilines is 1. The molecular formula is C17H24N4. The topological polar surface area (TPSA) is 54.2 Å². The second-order valence-electron chi connectivity index (χ2n) is 5.36. The summed E-state index contributed by atoms with van der Waals surface area (Å²) in [6.45, 7) is 2.46. The molecule has 0 amide bonds. The summed E-state index contributed by atoms with van der Waals surface area (Å²) in [5.41, 5.74) is 8.96. The van der Waals surface area contributed by atoms with E-state index < -0.39 is 0 Å². The van der Waals surface area contributed by atoms with Crippen molar-refractivity contribution < 1.29 is 0 Å². The molecule has 3 N–H and O–H groups in total. The Kier molecular flexibility index (Phi) is 5.72. The zero-order chi connectivity index (χ0) is 15.1. The number of hydrogen-bond donors (Lipinski definition) is 2. The van der Waals surface area contributed by atoms with Crippen LogP contribution in [-0.2, 0) is 6.54 Å². The number of benzene rings is 1. The molecule has 0 fully saturated rings. The van der Waals surface area contributed by atoms with E-state index in [0.717, 1.165) is 42.1 Å². The normalized spacial score (nSPS) is 10.9. The van der Waals surface area contributed by atoms with Gasteiger partial charge in [-0.1, -0.05) is 36.4 Å². The molecule has 2 rings (SSSR count). The molecule has 4 nitrogen and oxygen atoms in total. The van der Waals surface area contributed by atoms with Crippen molar-refractivity contribution in [3.8, 4) is 11.3 Å². The van der Waals surface area contributed by atoms with E-state index >= 15 is 0 Å². The lowest BCUT2D eigenvalue weighted by Crippen LogP contribution is -2.17. The molecule has 0 bridgehead atoms. The van der Waals surface area contributed by atoms with E-state index in [-0.39, 0.29) is 0 Å². The number of nitrogens with zero attached hydrogens (tertiary/aromatic N) is 2. The van der Waals surface area contributed by atoms with Crippen LogP contribution in [0.3, 0.4) is 0 Å². The molecule has 112 valence electrons. The first kappa shape index (κ1) is 15.5. The van der Waals surface area contributed by atoms with Crippen LogP contribution in [0.4, 0.5) is 5.82 Å². The molecule has 1 aromatic heterocycles. The van der Waals surface area contributed by atoms with Gasteiger partial charge in [-0.05, 0) is 33.1 Å². The zero-order valence-electron chi connectivity index (χ0n) is 12.8. The molecule has 0 spiro atoms. The first-order chi connectivity index (χ1) is 10.2. The fourth-order valence-corrected chi connectivity index (χ4v) is 2.18. The maximum absolute atomic E-state index is 5.80. The standard InChI is InChI=1S/C17H24N4/c1-21(2)12-6-11-19-17-15(13-18)9-10-16(20-17)14-7-4-3-5-8-14/h3-5,7-10H,6,11-13,18H2,1-2H3,(H,19,20). The van der Waals surface area contributed by atoms with Crippen LogP contribution in [-0.4, -0.2) is 37.1 Å². The number of rotatable bonds is 7. The predicted octanol–water partition coefficient (Wildman–Crippen LogP) is 2.57. The molecule has 0 aliphatic heterocycles. The Bertz CT molecular complexity index is 552. The molecule has 21 heavy (non-hydrogen) atoms. The third-order valence-electron chi connectivity index (χ3n) is 3.34. The van der Waals surface area contributed by atoms with Crippen LogP contribution in [0, 0.1) is 0 Å². The fourth-order valence-electron chi connectivity index (χ4n) is 2.18. The fraction of sp³-hybridized carbons (Fsp3) is 0.353. The molecule has 4 heteroatoms. The summed E-state index contributed by atoms with van der Waals surface area (Å²) in [6, 6.07) is 14.3. The Morgan fingerprint density at radius 1 is 1.10 bits per heavy atom. The first-order valence-electron chi connectivity index (χ1n) is 7.34. The Morgan fingerprint density at radius 3 is 2.52 bits per heavy atom. The lowest BCUT2D eigenvalue weighted by atomic mass is 10.1. The summed E-state index contributed by atoms with van der Waals surface area (Å²) in [5, 5.41) is 3.41. The second kappa shape index (κ2) is 7.76. The van der Waals surface area contributed by atoms with E-state index in [1.54, 1.807) is 0 Å². The first-order valence-corrected chi connectivity index (χ1v) is 7.34. The Labute approximate surface area is 127 Å². The summed E-state index contributed by atoms with van der Waals surface area (Å²) in [6.07, 6.45) is 1.08. The van der Waals surface area contributed by atoms with E-state index in [4.69, 9.17) is 10.7 Å². The average molecular weight is 284 g/mol. The van der Waals surface area contributed by atoms with Crippen molar-refractivity contribution in [1.29, 1.82) is 0 Å². The van der Waals surface area contributed by atoms with Gasteiger partial charge in [-0.25, -0.2) is 4.98 Å². The van der Waals surface area contributed by atoms with Gasteiger partial charge in [0.15, 0.2) is 0 Å². The second-order valence-corrected chi connectivity index (χ2v) is 5.36. The van der Waals surface area contributed by atoms with Gasteiger partial charge >= 0.3 is 0 Å². The SMILES string of the molecule is CN(C)CCCNc1nc(-c2ccccc2)ccc1CN. The van der Waals surface area contributed by atoms with Crippen molar-refractivity contribution in [2.45, 2.75) is 13.0 Å². The van der Waals surface area contributed by atoms with Crippen LogP contribution < -0.4 is 11.1 Å². The van der Waals surface area contributed by atoms with Crippen LogP contribution >= 0.6 is 0 Å². The van der Waals surface area contributed by atoms with Gasteiger partial charge < -0.3 is 16.0 Å². The third-order valence-corrected chi connectivity index (χ3v) is 3.34. The molecular weight excluding hydrogens is 260 g/mol. The van der Waals surface area contributed by atoms with Gasteiger partial charge in [0.2, 0.25) is 0 Å². The maximum atomic E-state index is 5.80. The van der Waals surface area contributed by atoms with Gasteiger partial charge in [0.25, 0.3) is 0 Å². The van der Waals surface area contributed by atoms with Gasteiger partial charge in [0.05, 0.1) is 5.69 Å². The highest BCUT2D eigenvalue weighted by Crippen LogP contribution is 2.21. The van der Waals surface area contributed by atoms with E-state index in [1.807, 2.05) is 24.3 Å². The lowest BCUT2D eigenvalue weighted by molar-refractivity contribution is 0.405. The number of nitrogens with two attached hydrogens (primary N) is 1. The molecule has 1 heterocycles. The number of hydrogen-bond acceptors (Lipinski definition) is 4. The number of aromatic nitrogens is 1. The van der Waals surface area contributed by atoms with Gasteiger partial charge in [-0.15, -0.1) is 0 Å². The van der Waals surface area contributed by atoms with Gasteiger partial charge in [-0.3, -0.25) is 0 Å². The predicted molar refractivity (Wildman–Crippen MR) is 89.2 cm³/mol. The number of nitrogens with one attached hydrogen (secondary N) is 1. The van der Waals surface area contributed by atoms with Crippen LogP contribution in [0.2, 0.25) is 0 Å². The van der Waals surface area contributed by atoms with Crippen molar-refractivity contribution in [3.63, 3.8) is 0 Å². The maximum Gasteiger partial charge on any atom is 0.131 e. The molecule has 0 unspecified atom stereocenters. The van der Waals surface area contributed by atoms with Crippen molar-refractivity contribution in [1.82, 2.24) is 9.88 Å². The molecule has 1 aromatic carbocycles. The highest BCUT2D eigenvalue weighted by atomic mass is 15.1. The minimum absolute atomic E-state index is 0.498.